The second-order valence-electron chi connectivity index (χ2n) is 4.00. The van der Waals surface area contributed by atoms with Gasteiger partial charge in [-0.05, 0) is 31.2 Å². The molecule has 1 aromatic heterocycles. The minimum absolute atomic E-state index is 0.312. The Kier molecular flexibility index (Phi) is 5.25. The first-order valence-electron chi connectivity index (χ1n) is 6.21. The Balaban J connectivity index is 2.05. The van der Waals surface area contributed by atoms with Crippen molar-refractivity contribution >= 4 is 46.5 Å². The lowest BCUT2D eigenvalue weighted by Gasteiger charge is -2.09. The van der Waals surface area contributed by atoms with Crippen LogP contribution in [0.15, 0.2) is 36.5 Å². The molecular weight excluding hydrogens is 313 g/mol. The molecule has 0 saturated heterocycles. The van der Waals surface area contributed by atoms with Gasteiger partial charge in [-0.3, -0.25) is 5.32 Å². The fraction of sp³-hybridized carbons (Fsp3) is 0.143. The molecule has 1 heterocycles. The average molecular weight is 326 g/mol. The van der Waals surface area contributed by atoms with Gasteiger partial charge in [-0.2, -0.15) is 0 Å². The minimum atomic E-state index is -0.516. The summed E-state index contributed by atoms with van der Waals surface area (Å²) in [6.45, 7) is 2.05. The SMILES string of the molecule is CCOC(=O)Nc1ccc(Nc2cccc(Cl)c2Cl)nc1. The highest BCUT2D eigenvalue weighted by Gasteiger charge is 2.06. The largest absolute Gasteiger partial charge is 0.450 e. The summed E-state index contributed by atoms with van der Waals surface area (Å²) in [6.07, 6.45) is 0.996. The summed E-state index contributed by atoms with van der Waals surface area (Å²) in [5.74, 6) is 0.577. The molecule has 2 aromatic rings. The van der Waals surface area contributed by atoms with E-state index in [4.69, 9.17) is 27.9 Å². The number of hydrogen-bond donors (Lipinski definition) is 2. The van der Waals surface area contributed by atoms with Crippen LogP contribution in [0.5, 0.6) is 0 Å². The standard InChI is InChI=1S/C14H13Cl2N3O2/c1-2-21-14(20)18-9-6-7-12(17-8-9)19-11-5-3-4-10(15)13(11)16/h3-8H,2H2,1H3,(H,17,19)(H,18,20). The normalized spacial score (nSPS) is 10.0. The van der Waals surface area contributed by atoms with Gasteiger partial charge in [-0.15, -0.1) is 0 Å². The third-order valence-corrected chi connectivity index (χ3v) is 3.32. The lowest BCUT2D eigenvalue weighted by molar-refractivity contribution is 0.168. The van der Waals surface area contributed by atoms with Gasteiger partial charge >= 0.3 is 6.09 Å². The number of ether oxygens (including phenoxy) is 1. The van der Waals surface area contributed by atoms with Crippen molar-refractivity contribution in [3.05, 3.63) is 46.6 Å². The van der Waals surface area contributed by atoms with E-state index in [9.17, 15) is 4.79 Å². The molecule has 0 spiro atoms. The van der Waals surface area contributed by atoms with E-state index >= 15 is 0 Å². The lowest BCUT2D eigenvalue weighted by Crippen LogP contribution is -2.13. The Morgan fingerprint density at radius 3 is 2.76 bits per heavy atom. The number of aromatic nitrogens is 1. The molecule has 0 atom stereocenters. The summed E-state index contributed by atoms with van der Waals surface area (Å²) in [7, 11) is 0. The third kappa shape index (κ3) is 4.24. The molecule has 2 rings (SSSR count). The van der Waals surface area contributed by atoms with E-state index in [-0.39, 0.29) is 0 Å². The van der Waals surface area contributed by atoms with Crippen LogP contribution in [0.2, 0.25) is 10.0 Å². The first-order valence-corrected chi connectivity index (χ1v) is 6.96. The summed E-state index contributed by atoms with van der Waals surface area (Å²) in [5, 5.41) is 6.49. The lowest BCUT2D eigenvalue weighted by atomic mass is 10.3. The molecule has 0 fully saturated rings. The first kappa shape index (κ1) is 15.4. The number of pyridine rings is 1. The van der Waals surface area contributed by atoms with Crippen molar-refractivity contribution in [2.24, 2.45) is 0 Å². The topological polar surface area (TPSA) is 63.2 Å². The molecule has 1 aromatic carbocycles. The molecule has 0 aliphatic heterocycles. The van der Waals surface area contributed by atoms with E-state index in [1.807, 2.05) is 0 Å². The maximum absolute atomic E-state index is 11.3. The van der Waals surface area contributed by atoms with Gasteiger partial charge < -0.3 is 10.1 Å². The van der Waals surface area contributed by atoms with Crippen molar-refractivity contribution in [3.8, 4) is 0 Å². The van der Waals surface area contributed by atoms with Gasteiger partial charge in [0.25, 0.3) is 0 Å². The molecule has 0 aliphatic carbocycles. The van der Waals surface area contributed by atoms with E-state index in [0.717, 1.165) is 0 Å². The number of carbonyl (C=O) groups is 1. The summed E-state index contributed by atoms with van der Waals surface area (Å²) >= 11 is 12.0. The van der Waals surface area contributed by atoms with E-state index in [0.29, 0.717) is 33.8 Å². The number of amides is 1. The van der Waals surface area contributed by atoms with Crippen LogP contribution in [0.25, 0.3) is 0 Å². The molecule has 5 nitrogen and oxygen atoms in total. The van der Waals surface area contributed by atoms with Gasteiger partial charge in [-0.1, -0.05) is 29.3 Å². The van der Waals surface area contributed by atoms with Gasteiger partial charge in [0.1, 0.15) is 5.82 Å². The van der Waals surface area contributed by atoms with Gasteiger partial charge in [0.15, 0.2) is 0 Å². The molecule has 1 amide bonds. The van der Waals surface area contributed by atoms with E-state index in [2.05, 4.69) is 15.6 Å². The van der Waals surface area contributed by atoms with Gasteiger partial charge in [-0.25, -0.2) is 9.78 Å². The monoisotopic (exact) mass is 325 g/mol. The molecule has 2 N–H and O–H groups in total. The highest BCUT2D eigenvalue weighted by molar-refractivity contribution is 6.43. The molecule has 0 unspecified atom stereocenters. The molecular formula is C14H13Cl2N3O2. The quantitative estimate of drug-likeness (QED) is 0.855. The Morgan fingerprint density at radius 2 is 2.10 bits per heavy atom. The van der Waals surface area contributed by atoms with Crippen LogP contribution in [0.3, 0.4) is 0 Å². The summed E-state index contributed by atoms with van der Waals surface area (Å²) in [4.78, 5) is 15.4. The number of hydrogen-bond acceptors (Lipinski definition) is 4. The zero-order valence-electron chi connectivity index (χ0n) is 11.2. The smallest absolute Gasteiger partial charge is 0.411 e. The summed E-state index contributed by atoms with van der Waals surface area (Å²) in [5.41, 5.74) is 1.19. The number of rotatable bonds is 4. The van der Waals surface area contributed by atoms with Crippen molar-refractivity contribution in [1.29, 1.82) is 0 Å². The molecule has 110 valence electrons. The fourth-order valence-corrected chi connectivity index (χ4v) is 1.91. The van der Waals surface area contributed by atoms with Crippen LogP contribution in [-0.2, 0) is 4.74 Å². The van der Waals surface area contributed by atoms with Crippen LogP contribution in [0.1, 0.15) is 6.92 Å². The van der Waals surface area contributed by atoms with Crippen LogP contribution >= 0.6 is 23.2 Å². The first-order chi connectivity index (χ1) is 10.1. The average Bonchev–Trinajstić information content (AvgIpc) is 2.46. The zero-order valence-corrected chi connectivity index (χ0v) is 12.7. The minimum Gasteiger partial charge on any atom is -0.450 e. The predicted molar refractivity (Wildman–Crippen MR) is 84.6 cm³/mol. The van der Waals surface area contributed by atoms with E-state index in [1.165, 1.54) is 6.20 Å². The molecule has 0 radical (unpaired) electrons. The number of anilines is 3. The Morgan fingerprint density at radius 1 is 1.29 bits per heavy atom. The highest BCUT2D eigenvalue weighted by Crippen LogP contribution is 2.31. The Hall–Kier alpha value is -1.98. The third-order valence-electron chi connectivity index (χ3n) is 2.50. The Labute approximate surface area is 132 Å². The molecule has 0 saturated carbocycles. The van der Waals surface area contributed by atoms with Gasteiger partial charge in [0, 0.05) is 0 Å². The van der Waals surface area contributed by atoms with Crippen molar-refractivity contribution in [2.75, 3.05) is 17.2 Å². The zero-order chi connectivity index (χ0) is 15.2. The molecule has 7 heteroatoms. The van der Waals surface area contributed by atoms with Crippen LogP contribution in [-0.4, -0.2) is 17.7 Å². The van der Waals surface area contributed by atoms with Crippen molar-refractivity contribution < 1.29 is 9.53 Å². The van der Waals surface area contributed by atoms with E-state index < -0.39 is 6.09 Å². The number of halogens is 2. The molecule has 0 bridgehead atoms. The molecule has 0 aliphatic rings. The van der Waals surface area contributed by atoms with Crippen LogP contribution < -0.4 is 10.6 Å². The van der Waals surface area contributed by atoms with Crippen LogP contribution in [0, 0.1) is 0 Å². The van der Waals surface area contributed by atoms with Crippen molar-refractivity contribution in [2.45, 2.75) is 6.92 Å². The Bertz CT molecular complexity index is 633. The number of nitrogens with one attached hydrogen (secondary N) is 2. The van der Waals surface area contributed by atoms with E-state index in [1.54, 1.807) is 37.3 Å². The number of nitrogens with zero attached hydrogens (tertiary/aromatic N) is 1. The summed E-state index contributed by atoms with van der Waals surface area (Å²) < 4.78 is 4.78. The fourth-order valence-electron chi connectivity index (χ4n) is 1.57. The van der Waals surface area contributed by atoms with Crippen molar-refractivity contribution in [3.63, 3.8) is 0 Å². The predicted octanol–water partition coefficient (Wildman–Crippen LogP) is 4.70. The van der Waals surface area contributed by atoms with Gasteiger partial charge in [0.05, 0.1) is 34.2 Å². The van der Waals surface area contributed by atoms with Crippen molar-refractivity contribution in [1.82, 2.24) is 4.98 Å². The van der Waals surface area contributed by atoms with Crippen LogP contribution in [0.4, 0.5) is 22.0 Å². The second kappa shape index (κ2) is 7.15. The summed E-state index contributed by atoms with van der Waals surface area (Å²) in [6, 6.07) is 8.69. The number of carbonyl (C=O) groups excluding carboxylic acids is 1. The highest BCUT2D eigenvalue weighted by atomic mass is 35.5. The van der Waals surface area contributed by atoms with Gasteiger partial charge in [0.2, 0.25) is 0 Å². The maximum Gasteiger partial charge on any atom is 0.411 e. The maximum atomic E-state index is 11.3. The molecule has 21 heavy (non-hydrogen) atoms. The number of benzene rings is 1. The second-order valence-corrected chi connectivity index (χ2v) is 4.79.